The summed E-state index contributed by atoms with van der Waals surface area (Å²) >= 11 is 0. The maximum Gasteiger partial charge on any atom is 0.229 e. The summed E-state index contributed by atoms with van der Waals surface area (Å²) in [5.74, 6) is 1.09. The number of para-hydroxylation sites is 1. The Bertz CT molecular complexity index is 441. The zero-order valence-corrected chi connectivity index (χ0v) is 13.1. The number of rotatable bonds is 6. The minimum absolute atomic E-state index is 0.222. The topological polar surface area (TPSA) is 41.6 Å². The zero-order chi connectivity index (χ0) is 15.1. The molecule has 0 spiro atoms. The quantitative estimate of drug-likeness (QED) is 0.874. The second-order valence-electron chi connectivity index (χ2n) is 5.80. The standard InChI is InChI=1S/C17H26N2O2/c1-3-17(10-7-11-18-14-17)16(20)19(2)12-13-21-15-8-5-4-6-9-15/h4-6,8-9,18H,3,7,10-14H2,1-2H3. The van der Waals surface area contributed by atoms with Gasteiger partial charge in [0.2, 0.25) is 5.91 Å². The van der Waals surface area contributed by atoms with Crippen molar-refractivity contribution in [3.8, 4) is 5.75 Å². The number of nitrogens with zero attached hydrogens (tertiary/aromatic N) is 1. The van der Waals surface area contributed by atoms with Crippen LogP contribution in [0.4, 0.5) is 0 Å². The molecule has 4 heteroatoms. The van der Waals surface area contributed by atoms with Crippen LogP contribution in [-0.2, 0) is 4.79 Å². The lowest BCUT2D eigenvalue weighted by molar-refractivity contribution is -0.142. The summed E-state index contributed by atoms with van der Waals surface area (Å²) in [5, 5.41) is 3.37. The maximum atomic E-state index is 12.7. The van der Waals surface area contributed by atoms with Crippen LogP contribution in [0, 0.1) is 5.41 Å². The Hall–Kier alpha value is -1.55. The smallest absolute Gasteiger partial charge is 0.229 e. The highest BCUT2D eigenvalue weighted by atomic mass is 16.5. The fourth-order valence-electron chi connectivity index (χ4n) is 2.93. The summed E-state index contributed by atoms with van der Waals surface area (Å²) in [5.41, 5.74) is -0.222. The van der Waals surface area contributed by atoms with Crippen molar-refractivity contribution in [2.45, 2.75) is 26.2 Å². The van der Waals surface area contributed by atoms with E-state index in [2.05, 4.69) is 12.2 Å². The molecule has 0 aromatic heterocycles. The van der Waals surface area contributed by atoms with Crippen LogP contribution in [-0.4, -0.2) is 44.1 Å². The van der Waals surface area contributed by atoms with Crippen LogP contribution in [0.25, 0.3) is 0 Å². The number of benzene rings is 1. The maximum absolute atomic E-state index is 12.7. The van der Waals surface area contributed by atoms with E-state index in [9.17, 15) is 4.79 Å². The van der Waals surface area contributed by atoms with E-state index in [-0.39, 0.29) is 11.3 Å². The van der Waals surface area contributed by atoms with Crippen molar-refractivity contribution in [1.29, 1.82) is 0 Å². The largest absolute Gasteiger partial charge is 0.492 e. The number of nitrogens with one attached hydrogen (secondary N) is 1. The Balaban J connectivity index is 1.84. The van der Waals surface area contributed by atoms with Gasteiger partial charge in [-0.05, 0) is 37.9 Å². The number of hydrogen-bond acceptors (Lipinski definition) is 3. The summed E-state index contributed by atoms with van der Waals surface area (Å²) in [6.07, 6.45) is 2.95. The van der Waals surface area contributed by atoms with Gasteiger partial charge in [0, 0.05) is 13.6 Å². The van der Waals surface area contributed by atoms with E-state index in [0.29, 0.717) is 13.2 Å². The third-order valence-electron chi connectivity index (χ3n) is 4.39. The second-order valence-corrected chi connectivity index (χ2v) is 5.80. The molecular weight excluding hydrogens is 264 g/mol. The molecule has 1 aliphatic heterocycles. The Morgan fingerprint density at radius 3 is 2.76 bits per heavy atom. The van der Waals surface area contributed by atoms with E-state index in [4.69, 9.17) is 4.74 Å². The van der Waals surface area contributed by atoms with Gasteiger partial charge in [0.25, 0.3) is 0 Å². The van der Waals surface area contributed by atoms with Gasteiger partial charge in [-0.15, -0.1) is 0 Å². The van der Waals surface area contributed by atoms with Gasteiger partial charge in [-0.2, -0.15) is 0 Å². The van der Waals surface area contributed by atoms with Crippen LogP contribution >= 0.6 is 0 Å². The van der Waals surface area contributed by atoms with E-state index in [1.165, 1.54) is 0 Å². The Labute approximate surface area is 127 Å². The summed E-state index contributed by atoms with van der Waals surface area (Å²) in [4.78, 5) is 14.5. The second kappa shape index (κ2) is 7.46. The molecule has 1 fully saturated rings. The number of piperidine rings is 1. The van der Waals surface area contributed by atoms with Crippen molar-refractivity contribution >= 4 is 5.91 Å². The van der Waals surface area contributed by atoms with Gasteiger partial charge in [-0.1, -0.05) is 25.1 Å². The monoisotopic (exact) mass is 290 g/mol. The summed E-state index contributed by atoms with van der Waals surface area (Å²) in [6.45, 7) is 5.08. The van der Waals surface area contributed by atoms with E-state index >= 15 is 0 Å². The summed E-state index contributed by atoms with van der Waals surface area (Å²) in [7, 11) is 1.88. The first-order valence-electron chi connectivity index (χ1n) is 7.82. The third-order valence-corrected chi connectivity index (χ3v) is 4.39. The number of hydrogen-bond donors (Lipinski definition) is 1. The molecule has 1 N–H and O–H groups in total. The highest BCUT2D eigenvalue weighted by Crippen LogP contribution is 2.31. The van der Waals surface area contributed by atoms with E-state index < -0.39 is 0 Å². The molecule has 2 rings (SSSR count). The van der Waals surface area contributed by atoms with E-state index in [1.807, 2.05) is 42.3 Å². The molecule has 1 heterocycles. The van der Waals surface area contributed by atoms with Crippen LogP contribution in [0.5, 0.6) is 5.75 Å². The first-order valence-corrected chi connectivity index (χ1v) is 7.82. The normalized spacial score (nSPS) is 21.8. The molecule has 0 radical (unpaired) electrons. The summed E-state index contributed by atoms with van der Waals surface area (Å²) < 4.78 is 5.67. The molecule has 1 aliphatic rings. The lowest BCUT2D eigenvalue weighted by Crippen LogP contribution is -2.51. The molecule has 1 saturated heterocycles. The van der Waals surface area contributed by atoms with Crippen LogP contribution in [0.3, 0.4) is 0 Å². The van der Waals surface area contributed by atoms with Crippen LogP contribution < -0.4 is 10.1 Å². The highest BCUT2D eigenvalue weighted by Gasteiger charge is 2.39. The molecule has 0 bridgehead atoms. The molecule has 116 valence electrons. The Kier molecular flexibility index (Phi) is 5.62. The minimum Gasteiger partial charge on any atom is -0.492 e. The van der Waals surface area contributed by atoms with Crippen molar-refractivity contribution in [2.24, 2.45) is 5.41 Å². The van der Waals surface area contributed by atoms with Gasteiger partial charge in [-0.25, -0.2) is 0 Å². The van der Waals surface area contributed by atoms with E-state index in [0.717, 1.165) is 38.1 Å². The fraction of sp³-hybridized carbons (Fsp3) is 0.588. The van der Waals surface area contributed by atoms with Crippen molar-refractivity contribution in [1.82, 2.24) is 10.2 Å². The molecule has 1 amide bonds. The first-order chi connectivity index (χ1) is 10.2. The fourth-order valence-corrected chi connectivity index (χ4v) is 2.93. The Morgan fingerprint density at radius 2 is 2.14 bits per heavy atom. The Morgan fingerprint density at radius 1 is 1.38 bits per heavy atom. The van der Waals surface area contributed by atoms with Crippen molar-refractivity contribution in [3.63, 3.8) is 0 Å². The summed E-state index contributed by atoms with van der Waals surface area (Å²) in [6, 6.07) is 9.72. The zero-order valence-electron chi connectivity index (χ0n) is 13.1. The van der Waals surface area contributed by atoms with Crippen LogP contribution in [0.1, 0.15) is 26.2 Å². The molecule has 0 saturated carbocycles. The minimum atomic E-state index is -0.222. The average molecular weight is 290 g/mol. The van der Waals surface area contributed by atoms with Crippen LogP contribution in [0.15, 0.2) is 30.3 Å². The molecule has 1 aromatic carbocycles. The molecular formula is C17H26N2O2. The molecule has 1 atom stereocenters. The highest BCUT2D eigenvalue weighted by molar-refractivity contribution is 5.82. The lowest BCUT2D eigenvalue weighted by Gasteiger charge is -2.38. The van der Waals surface area contributed by atoms with Gasteiger partial charge in [0.1, 0.15) is 12.4 Å². The predicted octanol–water partition coefficient (Wildman–Crippen LogP) is 2.30. The lowest BCUT2D eigenvalue weighted by atomic mass is 9.77. The van der Waals surface area contributed by atoms with Gasteiger partial charge >= 0.3 is 0 Å². The van der Waals surface area contributed by atoms with Crippen LogP contribution in [0.2, 0.25) is 0 Å². The first kappa shape index (κ1) is 15.8. The molecule has 0 aliphatic carbocycles. The number of amides is 1. The number of carbonyl (C=O) groups is 1. The average Bonchev–Trinajstić information content (AvgIpc) is 2.55. The number of carbonyl (C=O) groups excluding carboxylic acids is 1. The van der Waals surface area contributed by atoms with Gasteiger partial charge in [0.15, 0.2) is 0 Å². The van der Waals surface area contributed by atoms with Crippen molar-refractivity contribution < 1.29 is 9.53 Å². The molecule has 1 aromatic rings. The molecule has 1 unspecified atom stereocenters. The van der Waals surface area contributed by atoms with Gasteiger partial charge < -0.3 is 15.0 Å². The van der Waals surface area contributed by atoms with Crippen molar-refractivity contribution in [3.05, 3.63) is 30.3 Å². The van der Waals surface area contributed by atoms with Crippen molar-refractivity contribution in [2.75, 3.05) is 33.3 Å². The third kappa shape index (κ3) is 3.97. The predicted molar refractivity (Wildman–Crippen MR) is 84.4 cm³/mol. The molecule has 4 nitrogen and oxygen atoms in total. The van der Waals surface area contributed by atoms with Gasteiger partial charge in [-0.3, -0.25) is 4.79 Å². The molecule has 21 heavy (non-hydrogen) atoms. The van der Waals surface area contributed by atoms with Gasteiger partial charge in [0.05, 0.1) is 12.0 Å². The number of ether oxygens (including phenoxy) is 1. The SMILES string of the molecule is CCC1(C(=O)N(C)CCOc2ccccc2)CCCNC1. The number of likely N-dealkylation sites (N-methyl/N-ethyl adjacent to an activating group) is 1. The van der Waals surface area contributed by atoms with E-state index in [1.54, 1.807) is 0 Å².